The fourth-order valence-corrected chi connectivity index (χ4v) is 3.10. The lowest BCUT2D eigenvalue weighted by atomic mass is 9.67. The molecule has 2 aliphatic rings. The van der Waals surface area contributed by atoms with Crippen LogP contribution in [0.1, 0.15) is 59.3 Å². The molecule has 2 nitrogen and oxygen atoms in total. The fourth-order valence-electron chi connectivity index (χ4n) is 3.10. The van der Waals surface area contributed by atoms with Gasteiger partial charge in [-0.2, -0.15) is 0 Å². The first-order valence-electron chi connectivity index (χ1n) is 6.81. The number of ether oxygens (including phenoxy) is 1. The smallest absolute Gasteiger partial charge is 0.0686 e. The van der Waals surface area contributed by atoms with Crippen molar-refractivity contribution in [2.45, 2.75) is 71.0 Å². The van der Waals surface area contributed by atoms with Gasteiger partial charge in [-0.25, -0.2) is 0 Å². The van der Waals surface area contributed by atoms with Crippen LogP contribution in [0.5, 0.6) is 0 Å². The Balaban J connectivity index is 1.98. The summed E-state index contributed by atoms with van der Waals surface area (Å²) in [6.07, 6.45) is 6.72. The van der Waals surface area contributed by atoms with Crippen molar-refractivity contribution >= 4 is 0 Å². The van der Waals surface area contributed by atoms with E-state index in [1.165, 1.54) is 19.3 Å². The molecule has 1 saturated carbocycles. The van der Waals surface area contributed by atoms with Gasteiger partial charge in [-0.15, -0.1) is 0 Å². The average molecular weight is 226 g/mol. The zero-order valence-corrected chi connectivity index (χ0v) is 11.0. The topological polar surface area (TPSA) is 29.5 Å². The zero-order chi connectivity index (χ0) is 11.8. The van der Waals surface area contributed by atoms with Crippen molar-refractivity contribution in [3.05, 3.63) is 0 Å². The largest absolute Gasteiger partial charge is 0.392 e. The molecule has 1 saturated heterocycles. The first-order valence-corrected chi connectivity index (χ1v) is 6.81. The van der Waals surface area contributed by atoms with E-state index in [1.807, 2.05) is 0 Å². The summed E-state index contributed by atoms with van der Waals surface area (Å²) in [4.78, 5) is 0. The lowest BCUT2D eigenvalue weighted by Crippen LogP contribution is -2.50. The standard InChI is InChI=1S/C14H26O2/c1-4-13(2,3)12(15)11-6-9-16-14(10-11)7-5-8-14/h11-12,15H,4-10H2,1-3H3. The van der Waals surface area contributed by atoms with Crippen molar-refractivity contribution in [3.8, 4) is 0 Å². The Bertz CT molecular complexity index is 243. The summed E-state index contributed by atoms with van der Waals surface area (Å²) in [6, 6.07) is 0. The molecule has 2 atom stereocenters. The van der Waals surface area contributed by atoms with Crippen LogP contribution >= 0.6 is 0 Å². The third-order valence-electron chi connectivity index (χ3n) is 4.95. The highest BCUT2D eigenvalue weighted by atomic mass is 16.5. The monoisotopic (exact) mass is 226 g/mol. The average Bonchev–Trinajstić information content (AvgIpc) is 2.26. The van der Waals surface area contributed by atoms with Gasteiger partial charge in [-0.1, -0.05) is 20.8 Å². The second-order valence-electron chi connectivity index (χ2n) is 6.42. The van der Waals surface area contributed by atoms with Gasteiger partial charge in [0.15, 0.2) is 0 Å². The van der Waals surface area contributed by atoms with Crippen molar-refractivity contribution < 1.29 is 9.84 Å². The van der Waals surface area contributed by atoms with Crippen LogP contribution in [0.2, 0.25) is 0 Å². The maximum absolute atomic E-state index is 10.5. The predicted molar refractivity (Wildman–Crippen MR) is 65.3 cm³/mol. The first kappa shape index (κ1) is 12.4. The van der Waals surface area contributed by atoms with E-state index in [1.54, 1.807) is 0 Å². The third kappa shape index (κ3) is 2.14. The molecule has 0 aromatic carbocycles. The van der Waals surface area contributed by atoms with E-state index < -0.39 is 0 Å². The Kier molecular flexibility index (Phi) is 3.33. The van der Waals surface area contributed by atoms with Crippen molar-refractivity contribution in [1.82, 2.24) is 0 Å². The van der Waals surface area contributed by atoms with E-state index in [9.17, 15) is 5.11 Å². The van der Waals surface area contributed by atoms with Gasteiger partial charge in [0, 0.05) is 6.61 Å². The number of hydrogen-bond acceptors (Lipinski definition) is 2. The van der Waals surface area contributed by atoms with Crippen LogP contribution in [-0.2, 0) is 4.74 Å². The van der Waals surface area contributed by atoms with Crippen LogP contribution in [0.3, 0.4) is 0 Å². The van der Waals surface area contributed by atoms with Crippen molar-refractivity contribution in [2.24, 2.45) is 11.3 Å². The minimum atomic E-state index is -0.168. The highest BCUT2D eigenvalue weighted by Gasteiger charge is 2.46. The molecule has 94 valence electrons. The molecular weight excluding hydrogens is 200 g/mol. The lowest BCUT2D eigenvalue weighted by Gasteiger charge is -2.49. The molecule has 1 N–H and O–H groups in total. The Labute approximate surface area is 99.4 Å². The minimum Gasteiger partial charge on any atom is -0.392 e. The van der Waals surface area contributed by atoms with Crippen LogP contribution < -0.4 is 0 Å². The van der Waals surface area contributed by atoms with E-state index >= 15 is 0 Å². The van der Waals surface area contributed by atoms with Gasteiger partial charge in [0.2, 0.25) is 0 Å². The van der Waals surface area contributed by atoms with Crippen LogP contribution in [0.25, 0.3) is 0 Å². The SMILES string of the molecule is CCC(C)(C)C(O)C1CCOC2(CCC2)C1. The summed E-state index contributed by atoms with van der Waals surface area (Å²) in [5.74, 6) is 0.448. The van der Waals surface area contributed by atoms with Crippen LogP contribution in [0.4, 0.5) is 0 Å². The van der Waals surface area contributed by atoms with Gasteiger partial charge >= 0.3 is 0 Å². The summed E-state index contributed by atoms with van der Waals surface area (Å²) in [5, 5.41) is 10.5. The van der Waals surface area contributed by atoms with E-state index in [0.29, 0.717) is 5.92 Å². The predicted octanol–water partition coefficient (Wildman–Crippen LogP) is 3.13. The summed E-state index contributed by atoms with van der Waals surface area (Å²) in [6.45, 7) is 7.38. The Morgan fingerprint density at radius 2 is 2.12 bits per heavy atom. The van der Waals surface area contributed by atoms with E-state index in [2.05, 4.69) is 20.8 Å². The van der Waals surface area contributed by atoms with Gasteiger partial charge in [0.1, 0.15) is 0 Å². The molecule has 2 unspecified atom stereocenters. The zero-order valence-electron chi connectivity index (χ0n) is 11.0. The molecule has 0 radical (unpaired) electrons. The van der Waals surface area contributed by atoms with Crippen molar-refractivity contribution in [2.75, 3.05) is 6.61 Å². The summed E-state index contributed by atoms with van der Waals surface area (Å²) >= 11 is 0. The van der Waals surface area contributed by atoms with Gasteiger partial charge in [0.05, 0.1) is 11.7 Å². The molecule has 0 amide bonds. The molecule has 0 aromatic rings. The molecule has 2 heteroatoms. The van der Waals surface area contributed by atoms with Crippen molar-refractivity contribution in [3.63, 3.8) is 0 Å². The first-order chi connectivity index (χ1) is 7.49. The Hall–Kier alpha value is -0.0800. The molecule has 0 aromatic heterocycles. The highest BCUT2D eigenvalue weighted by molar-refractivity contribution is 4.97. The fraction of sp³-hybridized carbons (Fsp3) is 1.00. The molecule has 1 heterocycles. The van der Waals surface area contributed by atoms with Gasteiger partial charge in [0.25, 0.3) is 0 Å². The second-order valence-corrected chi connectivity index (χ2v) is 6.42. The summed E-state index contributed by atoms with van der Waals surface area (Å²) in [5.41, 5.74) is 0.209. The Morgan fingerprint density at radius 3 is 2.62 bits per heavy atom. The van der Waals surface area contributed by atoms with Gasteiger partial charge < -0.3 is 9.84 Å². The van der Waals surface area contributed by atoms with E-state index in [4.69, 9.17) is 4.74 Å². The molecule has 2 fully saturated rings. The number of rotatable bonds is 3. The van der Waals surface area contributed by atoms with Crippen molar-refractivity contribution in [1.29, 1.82) is 0 Å². The van der Waals surface area contributed by atoms with E-state index in [0.717, 1.165) is 25.9 Å². The second kappa shape index (κ2) is 4.30. The molecule has 0 bridgehead atoms. The number of aliphatic hydroxyl groups is 1. The number of aliphatic hydroxyl groups excluding tert-OH is 1. The third-order valence-corrected chi connectivity index (χ3v) is 4.95. The van der Waals surface area contributed by atoms with Crippen LogP contribution in [-0.4, -0.2) is 23.4 Å². The minimum absolute atomic E-state index is 0.0486. The lowest BCUT2D eigenvalue weighted by molar-refractivity contribution is -0.166. The van der Waals surface area contributed by atoms with Gasteiger partial charge in [-0.3, -0.25) is 0 Å². The number of hydrogen-bond donors (Lipinski definition) is 1. The molecule has 2 rings (SSSR count). The highest BCUT2D eigenvalue weighted by Crippen LogP contribution is 2.47. The van der Waals surface area contributed by atoms with Crippen LogP contribution in [0, 0.1) is 11.3 Å². The molecule has 16 heavy (non-hydrogen) atoms. The quantitative estimate of drug-likeness (QED) is 0.801. The van der Waals surface area contributed by atoms with E-state index in [-0.39, 0.29) is 17.1 Å². The van der Waals surface area contributed by atoms with Gasteiger partial charge in [-0.05, 0) is 49.9 Å². The maximum Gasteiger partial charge on any atom is 0.0686 e. The molecule has 1 aliphatic carbocycles. The normalized spacial score (nSPS) is 31.1. The summed E-state index contributed by atoms with van der Waals surface area (Å²) in [7, 11) is 0. The molecule has 1 aliphatic heterocycles. The summed E-state index contributed by atoms with van der Waals surface area (Å²) < 4.78 is 5.92. The maximum atomic E-state index is 10.5. The van der Waals surface area contributed by atoms with Crippen LogP contribution in [0.15, 0.2) is 0 Å². The molecule has 1 spiro atoms. The molecular formula is C14H26O2. The Morgan fingerprint density at radius 1 is 1.44 bits per heavy atom.